The summed E-state index contributed by atoms with van der Waals surface area (Å²) in [6, 6.07) is 4.15. The van der Waals surface area contributed by atoms with Gasteiger partial charge in [0.1, 0.15) is 5.82 Å². The molecule has 0 radical (unpaired) electrons. The second-order valence-corrected chi connectivity index (χ2v) is 6.31. The number of benzene rings is 1. The van der Waals surface area contributed by atoms with Gasteiger partial charge in [0.15, 0.2) is 0 Å². The third kappa shape index (κ3) is 3.30. The number of carbonyl (C=O) groups is 1. The van der Waals surface area contributed by atoms with Crippen LogP contribution in [0, 0.1) is 17.2 Å². The van der Waals surface area contributed by atoms with Gasteiger partial charge in [-0.05, 0) is 43.4 Å². The van der Waals surface area contributed by atoms with Gasteiger partial charge < -0.3 is 11.1 Å². The number of hydrogen-bond donors (Lipinski definition) is 2. The van der Waals surface area contributed by atoms with Gasteiger partial charge in [-0.3, -0.25) is 4.79 Å². The van der Waals surface area contributed by atoms with Crippen LogP contribution in [0.3, 0.4) is 0 Å². The van der Waals surface area contributed by atoms with Gasteiger partial charge in [0, 0.05) is 16.8 Å². The molecule has 0 heterocycles. The lowest BCUT2D eigenvalue weighted by Gasteiger charge is -2.29. The predicted octanol–water partition coefficient (Wildman–Crippen LogP) is 3.95. The molecule has 3 N–H and O–H groups in total. The van der Waals surface area contributed by atoms with Gasteiger partial charge in [-0.15, -0.1) is 0 Å². The summed E-state index contributed by atoms with van der Waals surface area (Å²) < 4.78 is 13.3. The zero-order valence-electron chi connectivity index (χ0n) is 12.2. The van der Waals surface area contributed by atoms with Crippen LogP contribution in [-0.4, -0.2) is 5.91 Å². The van der Waals surface area contributed by atoms with Crippen LogP contribution >= 0.6 is 0 Å². The first-order chi connectivity index (χ1) is 9.41. The summed E-state index contributed by atoms with van der Waals surface area (Å²) in [7, 11) is 0. The number of rotatable bonds is 4. The fourth-order valence-electron chi connectivity index (χ4n) is 3.31. The molecule has 1 aliphatic carbocycles. The van der Waals surface area contributed by atoms with Gasteiger partial charge in [0.25, 0.3) is 0 Å². The second-order valence-electron chi connectivity index (χ2n) is 6.31. The van der Waals surface area contributed by atoms with Crippen molar-refractivity contribution < 1.29 is 9.18 Å². The normalized spacial score (nSPS) is 17.4. The maximum atomic E-state index is 13.3. The number of nitrogens with one attached hydrogen (secondary N) is 1. The van der Waals surface area contributed by atoms with Crippen LogP contribution in [0.15, 0.2) is 18.2 Å². The molecule has 110 valence electrons. The first kappa shape index (κ1) is 14.8. The van der Waals surface area contributed by atoms with E-state index in [1.807, 2.05) is 0 Å². The zero-order valence-corrected chi connectivity index (χ0v) is 12.2. The lowest BCUT2D eigenvalue weighted by Crippen LogP contribution is -2.35. The van der Waals surface area contributed by atoms with Gasteiger partial charge in [-0.1, -0.05) is 26.7 Å². The molecular formula is C16H23FN2O. The van der Waals surface area contributed by atoms with E-state index in [4.69, 9.17) is 5.73 Å². The number of nitrogens with two attached hydrogens (primary N) is 1. The molecule has 0 bridgehead atoms. The van der Waals surface area contributed by atoms with Crippen molar-refractivity contribution in [1.82, 2.24) is 0 Å². The van der Waals surface area contributed by atoms with Gasteiger partial charge in [-0.2, -0.15) is 0 Å². The van der Waals surface area contributed by atoms with E-state index in [9.17, 15) is 9.18 Å². The quantitative estimate of drug-likeness (QED) is 0.819. The number of nitrogen functional groups attached to an aromatic ring is 1. The molecule has 3 nitrogen and oxygen atoms in total. The minimum atomic E-state index is -0.426. The van der Waals surface area contributed by atoms with Gasteiger partial charge in [-0.25, -0.2) is 4.39 Å². The number of amides is 1. The average Bonchev–Trinajstić information content (AvgIpc) is 2.76. The summed E-state index contributed by atoms with van der Waals surface area (Å²) >= 11 is 0. The van der Waals surface area contributed by atoms with E-state index >= 15 is 0 Å². The Morgan fingerprint density at radius 1 is 1.35 bits per heavy atom. The Labute approximate surface area is 119 Å². The first-order valence-electron chi connectivity index (χ1n) is 7.29. The van der Waals surface area contributed by atoms with Crippen molar-refractivity contribution in [2.75, 3.05) is 11.1 Å². The molecule has 1 aromatic carbocycles. The molecule has 4 heteroatoms. The molecule has 0 spiro atoms. The van der Waals surface area contributed by atoms with Crippen molar-refractivity contribution in [3.63, 3.8) is 0 Å². The van der Waals surface area contributed by atoms with Crippen LogP contribution in [0.1, 0.15) is 46.0 Å². The Morgan fingerprint density at radius 2 is 2.00 bits per heavy atom. The fourth-order valence-corrected chi connectivity index (χ4v) is 3.31. The monoisotopic (exact) mass is 278 g/mol. The van der Waals surface area contributed by atoms with E-state index in [-0.39, 0.29) is 11.3 Å². The van der Waals surface area contributed by atoms with Crippen molar-refractivity contribution >= 4 is 17.3 Å². The van der Waals surface area contributed by atoms with Crippen molar-refractivity contribution in [3.05, 3.63) is 24.0 Å². The van der Waals surface area contributed by atoms with Crippen molar-refractivity contribution in [3.8, 4) is 0 Å². The Morgan fingerprint density at radius 3 is 2.55 bits per heavy atom. The standard InChI is InChI=1S/C16H23FN2O/c1-11(2)10-16(5-3-4-6-16)15(20)19-14-8-12(17)7-13(18)9-14/h7-9,11H,3-6,10,18H2,1-2H3,(H,19,20). The molecule has 0 aliphatic heterocycles. The summed E-state index contributed by atoms with van der Waals surface area (Å²) in [6.07, 6.45) is 4.89. The molecule has 0 saturated heterocycles. The highest BCUT2D eigenvalue weighted by atomic mass is 19.1. The van der Waals surface area contributed by atoms with E-state index in [0.717, 1.165) is 32.1 Å². The second kappa shape index (κ2) is 5.81. The number of carbonyl (C=O) groups excluding carboxylic acids is 1. The summed E-state index contributed by atoms with van der Waals surface area (Å²) in [5.74, 6) is 0.0507. The van der Waals surface area contributed by atoms with Crippen LogP contribution < -0.4 is 11.1 Å². The van der Waals surface area contributed by atoms with Gasteiger partial charge in [0.2, 0.25) is 5.91 Å². The van der Waals surface area contributed by atoms with Crippen molar-refractivity contribution in [1.29, 1.82) is 0 Å². The fraction of sp³-hybridized carbons (Fsp3) is 0.562. The minimum absolute atomic E-state index is 0.00806. The van der Waals surface area contributed by atoms with Crippen LogP contribution in [0.4, 0.5) is 15.8 Å². The van der Waals surface area contributed by atoms with Gasteiger partial charge in [0.05, 0.1) is 0 Å². The number of anilines is 2. The smallest absolute Gasteiger partial charge is 0.230 e. The highest BCUT2D eigenvalue weighted by molar-refractivity contribution is 5.95. The van der Waals surface area contributed by atoms with Gasteiger partial charge >= 0.3 is 0 Å². The molecule has 1 amide bonds. The van der Waals surface area contributed by atoms with E-state index in [0.29, 0.717) is 17.3 Å². The van der Waals surface area contributed by atoms with Crippen LogP contribution in [-0.2, 0) is 4.79 Å². The SMILES string of the molecule is CC(C)CC1(C(=O)Nc2cc(N)cc(F)c2)CCCC1. The summed E-state index contributed by atoms with van der Waals surface area (Å²) in [5, 5.41) is 2.85. The largest absolute Gasteiger partial charge is 0.399 e. The Bertz CT molecular complexity index is 473. The highest BCUT2D eigenvalue weighted by Crippen LogP contribution is 2.44. The third-order valence-electron chi connectivity index (χ3n) is 4.02. The Kier molecular flexibility index (Phi) is 4.31. The van der Waals surface area contributed by atoms with Crippen molar-refractivity contribution in [2.45, 2.75) is 46.0 Å². The van der Waals surface area contributed by atoms with E-state index in [1.54, 1.807) is 6.07 Å². The zero-order chi connectivity index (χ0) is 14.8. The molecule has 0 atom stereocenters. The van der Waals surface area contributed by atoms with Crippen LogP contribution in [0.2, 0.25) is 0 Å². The maximum Gasteiger partial charge on any atom is 0.230 e. The third-order valence-corrected chi connectivity index (χ3v) is 4.02. The molecule has 0 unspecified atom stereocenters. The van der Waals surface area contributed by atoms with Crippen LogP contribution in [0.5, 0.6) is 0 Å². The molecular weight excluding hydrogens is 255 g/mol. The average molecular weight is 278 g/mol. The molecule has 1 saturated carbocycles. The summed E-state index contributed by atoms with van der Waals surface area (Å²) in [5.41, 5.74) is 6.09. The van der Waals surface area contributed by atoms with Crippen molar-refractivity contribution in [2.24, 2.45) is 11.3 Å². The lowest BCUT2D eigenvalue weighted by molar-refractivity contribution is -0.126. The summed E-state index contributed by atoms with van der Waals surface area (Å²) in [6.45, 7) is 4.26. The molecule has 2 rings (SSSR count). The maximum absolute atomic E-state index is 13.3. The Balaban J connectivity index is 2.16. The molecule has 1 fully saturated rings. The first-order valence-corrected chi connectivity index (χ1v) is 7.29. The van der Waals surface area contributed by atoms with E-state index < -0.39 is 5.82 Å². The number of hydrogen-bond acceptors (Lipinski definition) is 2. The summed E-state index contributed by atoms with van der Waals surface area (Å²) in [4.78, 5) is 12.6. The molecule has 1 aromatic rings. The molecule has 0 aromatic heterocycles. The van der Waals surface area contributed by atoms with E-state index in [2.05, 4.69) is 19.2 Å². The van der Waals surface area contributed by atoms with Crippen LogP contribution in [0.25, 0.3) is 0 Å². The predicted molar refractivity (Wildman–Crippen MR) is 79.8 cm³/mol. The van der Waals surface area contributed by atoms with E-state index in [1.165, 1.54) is 12.1 Å². The highest BCUT2D eigenvalue weighted by Gasteiger charge is 2.41. The minimum Gasteiger partial charge on any atom is -0.399 e. The number of halogens is 1. The molecule has 1 aliphatic rings. The molecule has 20 heavy (non-hydrogen) atoms. The topological polar surface area (TPSA) is 55.1 Å². The Hall–Kier alpha value is -1.58. The lowest BCUT2D eigenvalue weighted by atomic mass is 9.77.